The van der Waals surface area contributed by atoms with Gasteiger partial charge in [-0.3, -0.25) is 9.78 Å². The van der Waals surface area contributed by atoms with E-state index in [9.17, 15) is 18.0 Å². The number of rotatable bonds is 4. The summed E-state index contributed by atoms with van der Waals surface area (Å²) in [4.78, 5) is 15.6. The van der Waals surface area contributed by atoms with E-state index in [-0.39, 0.29) is 17.1 Å². The molecule has 2 heterocycles. The highest BCUT2D eigenvalue weighted by Gasteiger charge is 2.34. The number of nitrogens with one attached hydrogen (secondary N) is 1. The number of pyridine rings is 1. The highest BCUT2D eigenvalue weighted by atomic mass is 19.4. The smallest absolute Gasteiger partial charge is 0.417 e. The van der Waals surface area contributed by atoms with Crippen LogP contribution in [0.2, 0.25) is 0 Å². The lowest BCUT2D eigenvalue weighted by molar-refractivity contribution is -0.137. The summed E-state index contributed by atoms with van der Waals surface area (Å²) >= 11 is 0. The molecule has 3 rings (SSSR count). The summed E-state index contributed by atoms with van der Waals surface area (Å²) in [7, 11) is 0. The zero-order valence-electron chi connectivity index (χ0n) is 13.2. The average molecular weight is 359 g/mol. The number of hydrogen-bond donors (Lipinski definition) is 1. The molecule has 132 valence electrons. The molecule has 26 heavy (non-hydrogen) atoms. The van der Waals surface area contributed by atoms with Crippen LogP contribution >= 0.6 is 0 Å². The second kappa shape index (κ2) is 7.22. The Morgan fingerprint density at radius 2 is 1.92 bits per heavy atom. The van der Waals surface area contributed by atoms with Crippen LogP contribution in [0.4, 0.5) is 13.2 Å². The number of amides is 1. The third-order valence-electron chi connectivity index (χ3n) is 3.41. The normalized spacial score (nSPS) is 11.7. The minimum atomic E-state index is -4.49. The second-order valence-electron chi connectivity index (χ2n) is 5.19. The molecule has 0 bridgehead atoms. The van der Waals surface area contributed by atoms with Crippen molar-refractivity contribution < 1.29 is 22.4 Å². The van der Waals surface area contributed by atoms with Gasteiger partial charge in [-0.2, -0.15) is 18.3 Å². The monoisotopic (exact) mass is 359 g/mol. The van der Waals surface area contributed by atoms with Gasteiger partial charge in [0.05, 0.1) is 17.3 Å². The predicted octanol–water partition coefficient (Wildman–Crippen LogP) is 4.12. The van der Waals surface area contributed by atoms with Gasteiger partial charge in [-0.25, -0.2) is 5.43 Å². The molecule has 0 saturated heterocycles. The summed E-state index contributed by atoms with van der Waals surface area (Å²) in [5.41, 5.74) is 1.75. The lowest BCUT2D eigenvalue weighted by Gasteiger charge is -2.10. The van der Waals surface area contributed by atoms with Gasteiger partial charge in [-0.05, 0) is 30.3 Å². The number of aromatic nitrogens is 1. The molecule has 3 aromatic rings. The molecule has 8 heteroatoms. The van der Waals surface area contributed by atoms with Gasteiger partial charge in [0.25, 0.3) is 5.91 Å². The molecule has 0 radical (unpaired) electrons. The SMILES string of the molecule is O=C(N/N=C/c1ccc(-c2ccccc2C(F)(F)F)o1)c1cccnc1. The first-order valence-electron chi connectivity index (χ1n) is 7.45. The van der Waals surface area contributed by atoms with Gasteiger partial charge in [0.15, 0.2) is 0 Å². The van der Waals surface area contributed by atoms with Crippen LogP contribution in [0.1, 0.15) is 21.7 Å². The maximum atomic E-state index is 13.1. The Bertz CT molecular complexity index is 934. The highest BCUT2D eigenvalue weighted by Crippen LogP contribution is 2.37. The molecule has 0 aliphatic rings. The van der Waals surface area contributed by atoms with E-state index in [0.717, 1.165) is 6.07 Å². The van der Waals surface area contributed by atoms with Crippen LogP contribution in [-0.4, -0.2) is 17.1 Å². The Kier molecular flexibility index (Phi) is 4.83. The second-order valence-corrected chi connectivity index (χ2v) is 5.19. The fourth-order valence-electron chi connectivity index (χ4n) is 2.23. The topological polar surface area (TPSA) is 67.5 Å². The van der Waals surface area contributed by atoms with E-state index in [2.05, 4.69) is 15.5 Å². The Morgan fingerprint density at radius 3 is 2.65 bits per heavy atom. The minimum absolute atomic E-state index is 0.0537. The van der Waals surface area contributed by atoms with Crippen LogP contribution in [0.15, 0.2) is 70.4 Å². The van der Waals surface area contributed by atoms with Crippen molar-refractivity contribution >= 4 is 12.1 Å². The number of carbonyl (C=O) groups excluding carboxylic acids is 1. The molecule has 0 fully saturated rings. The quantitative estimate of drug-likeness (QED) is 0.563. The molecule has 0 aliphatic carbocycles. The fourth-order valence-corrected chi connectivity index (χ4v) is 2.23. The molecule has 1 N–H and O–H groups in total. The van der Waals surface area contributed by atoms with Gasteiger partial charge in [-0.15, -0.1) is 0 Å². The molecule has 0 saturated carbocycles. The van der Waals surface area contributed by atoms with Crippen molar-refractivity contribution in [1.29, 1.82) is 0 Å². The van der Waals surface area contributed by atoms with E-state index in [4.69, 9.17) is 4.42 Å². The van der Waals surface area contributed by atoms with Crippen LogP contribution in [0.3, 0.4) is 0 Å². The summed E-state index contributed by atoms with van der Waals surface area (Å²) in [5, 5.41) is 3.73. The predicted molar refractivity (Wildman–Crippen MR) is 88.4 cm³/mol. The first-order chi connectivity index (χ1) is 12.4. The molecule has 0 aliphatic heterocycles. The number of benzene rings is 1. The highest BCUT2D eigenvalue weighted by molar-refractivity contribution is 5.94. The van der Waals surface area contributed by atoms with Crippen molar-refractivity contribution in [3.8, 4) is 11.3 Å². The summed E-state index contributed by atoms with van der Waals surface area (Å²) in [6, 6.07) is 11.2. The molecule has 0 spiro atoms. The van der Waals surface area contributed by atoms with Crippen LogP contribution < -0.4 is 5.43 Å². The van der Waals surface area contributed by atoms with Crippen molar-refractivity contribution in [3.63, 3.8) is 0 Å². The zero-order chi connectivity index (χ0) is 18.6. The van der Waals surface area contributed by atoms with Crippen molar-refractivity contribution in [2.45, 2.75) is 6.18 Å². The number of hydrazone groups is 1. The molecule has 5 nitrogen and oxygen atoms in total. The van der Waals surface area contributed by atoms with Crippen molar-refractivity contribution in [2.75, 3.05) is 0 Å². The molecule has 0 unspecified atom stereocenters. The average Bonchev–Trinajstić information content (AvgIpc) is 3.10. The number of carbonyl (C=O) groups is 1. The van der Waals surface area contributed by atoms with Crippen LogP contribution in [0, 0.1) is 0 Å². The number of furan rings is 1. The van der Waals surface area contributed by atoms with E-state index in [0.29, 0.717) is 5.56 Å². The van der Waals surface area contributed by atoms with E-state index in [1.807, 2.05) is 0 Å². The Labute approximate surface area is 146 Å². The summed E-state index contributed by atoms with van der Waals surface area (Å²) < 4.78 is 44.6. The van der Waals surface area contributed by atoms with E-state index < -0.39 is 17.6 Å². The van der Waals surface area contributed by atoms with Gasteiger partial charge >= 0.3 is 6.18 Å². The van der Waals surface area contributed by atoms with Gasteiger partial charge in [0.2, 0.25) is 0 Å². The Balaban J connectivity index is 1.74. The molecule has 1 aromatic carbocycles. The van der Waals surface area contributed by atoms with E-state index in [1.54, 1.807) is 12.1 Å². The number of nitrogens with zero attached hydrogens (tertiary/aromatic N) is 2. The van der Waals surface area contributed by atoms with Crippen molar-refractivity contribution in [2.24, 2.45) is 5.10 Å². The van der Waals surface area contributed by atoms with Gasteiger partial charge < -0.3 is 4.42 Å². The summed E-state index contributed by atoms with van der Waals surface area (Å²) in [6.07, 6.45) is -0.379. The molecule has 0 atom stereocenters. The summed E-state index contributed by atoms with van der Waals surface area (Å²) in [6.45, 7) is 0. The summed E-state index contributed by atoms with van der Waals surface area (Å²) in [5.74, 6) is -0.218. The maximum absolute atomic E-state index is 13.1. The zero-order valence-corrected chi connectivity index (χ0v) is 13.2. The van der Waals surface area contributed by atoms with Gasteiger partial charge in [0, 0.05) is 18.0 Å². The maximum Gasteiger partial charge on any atom is 0.417 e. The van der Waals surface area contributed by atoms with Crippen LogP contribution in [-0.2, 0) is 6.18 Å². The molecule has 1 amide bonds. The minimum Gasteiger partial charge on any atom is -0.455 e. The van der Waals surface area contributed by atoms with Gasteiger partial charge in [-0.1, -0.05) is 18.2 Å². The first kappa shape index (κ1) is 17.4. The third kappa shape index (κ3) is 3.97. The van der Waals surface area contributed by atoms with E-state index >= 15 is 0 Å². The number of halogens is 3. The Hall–Kier alpha value is -3.42. The molecular weight excluding hydrogens is 347 g/mol. The lowest BCUT2D eigenvalue weighted by atomic mass is 10.1. The largest absolute Gasteiger partial charge is 0.455 e. The van der Waals surface area contributed by atoms with Crippen LogP contribution in [0.25, 0.3) is 11.3 Å². The van der Waals surface area contributed by atoms with Gasteiger partial charge in [0.1, 0.15) is 11.5 Å². The van der Waals surface area contributed by atoms with Crippen molar-refractivity contribution in [1.82, 2.24) is 10.4 Å². The molecular formula is C18H12F3N3O2. The number of alkyl halides is 3. The standard InChI is InChI=1S/C18H12F3N3O2/c19-18(20,21)15-6-2-1-5-14(15)16-8-7-13(26-16)11-23-24-17(25)12-4-3-9-22-10-12/h1-11H,(H,24,25)/b23-11+. The van der Waals surface area contributed by atoms with E-state index in [1.165, 1.54) is 48.9 Å². The number of hydrogen-bond acceptors (Lipinski definition) is 4. The Morgan fingerprint density at radius 1 is 1.12 bits per heavy atom. The lowest BCUT2D eigenvalue weighted by Crippen LogP contribution is -2.17. The first-order valence-corrected chi connectivity index (χ1v) is 7.45. The van der Waals surface area contributed by atoms with Crippen LogP contribution in [0.5, 0.6) is 0 Å². The molecule has 2 aromatic heterocycles. The fraction of sp³-hybridized carbons (Fsp3) is 0.0556. The third-order valence-corrected chi connectivity index (χ3v) is 3.41. The van der Waals surface area contributed by atoms with Crippen molar-refractivity contribution in [3.05, 3.63) is 77.8 Å².